The minimum Gasteiger partial charge on any atom is -0.447 e. The molecule has 1 unspecified atom stereocenters. The number of alkyl halides is 3. The van der Waals surface area contributed by atoms with Gasteiger partial charge in [0.25, 0.3) is 5.91 Å². The fraction of sp³-hybridized carbons (Fsp3) is 0.375. The monoisotopic (exact) mass is 460 g/mol. The number of nitrogens with zero attached hydrogens (tertiary/aromatic N) is 3. The highest BCUT2D eigenvalue weighted by molar-refractivity contribution is 5.91. The Balaban J connectivity index is 1.70. The van der Waals surface area contributed by atoms with Crippen LogP contribution in [-0.2, 0) is 25.8 Å². The van der Waals surface area contributed by atoms with Crippen LogP contribution in [0.4, 0.5) is 13.2 Å². The molecule has 176 valence electrons. The maximum absolute atomic E-state index is 13.1. The van der Waals surface area contributed by atoms with Gasteiger partial charge in [-0.15, -0.1) is 0 Å². The lowest BCUT2D eigenvalue weighted by Crippen LogP contribution is -2.36. The molecule has 2 aromatic heterocycles. The van der Waals surface area contributed by atoms with Crippen LogP contribution >= 0.6 is 0 Å². The minimum absolute atomic E-state index is 0.0374. The van der Waals surface area contributed by atoms with Crippen LogP contribution in [0.5, 0.6) is 0 Å². The number of rotatable bonds is 9. The van der Waals surface area contributed by atoms with E-state index >= 15 is 0 Å². The summed E-state index contributed by atoms with van der Waals surface area (Å²) in [5.41, 5.74) is 0.913. The molecule has 0 bridgehead atoms. The van der Waals surface area contributed by atoms with E-state index in [1.165, 1.54) is 12.3 Å². The summed E-state index contributed by atoms with van der Waals surface area (Å²) < 4.78 is 44.8. The highest BCUT2D eigenvalue weighted by Gasteiger charge is 2.30. The maximum Gasteiger partial charge on any atom is 0.416 e. The van der Waals surface area contributed by atoms with Gasteiger partial charge in [-0.2, -0.15) is 13.2 Å². The third kappa shape index (κ3) is 6.89. The van der Waals surface area contributed by atoms with Gasteiger partial charge >= 0.3 is 6.18 Å². The van der Waals surface area contributed by atoms with Crippen molar-refractivity contribution >= 4 is 5.91 Å². The molecular weight excluding hydrogens is 433 g/mol. The fourth-order valence-corrected chi connectivity index (χ4v) is 3.28. The zero-order valence-corrected chi connectivity index (χ0v) is 18.8. The Bertz CT molecular complexity index is 1050. The van der Waals surface area contributed by atoms with E-state index in [0.717, 1.165) is 17.7 Å². The molecule has 0 saturated carbocycles. The predicted molar refractivity (Wildman–Crippen MR) is 117 cm³/mol. The highest BCUT2D eigenvalue weighted by Crippen LogP contribution is 2.30. The van der Waals surface area contributed by atoms with Gasteiger partial charge in [-0.25, -0.2) is 4.98 Å². The SMILES string of the molecule is CC(C)C(C)N(Cc1cccc(C(F)(F)F)c1)Cc1nc(C(=O)NCc2ccncc2)co1. The molecule has 0 radical (unpaired) electrons. The van der Waals surface area contributed by atoms with Gasteiger partial charge in [0.15, 0.2) is 5.69 Å². The van der Waals surface area contributed by atoms with Crippen LogP contribution in [0.3, 0.4) is 0 Å². The number of amides is 1. The Labute approximate surface area is 190 Å². The van der Waals surface area contributed by atoms with Crippen molar-refractivity contribution in [1.29, 1.82) is 0 Å². The number of aromatic nitrogens is 2. The van der Waals surface area contributed by atoms with Crippen LogP contribution in [0.2, 0.25) is 0 Å². The average Bonchev–Trinajstić information content (AvgIpc) is 3.25. The second-order valence-electron chi connectivity index (χ2n) is 8.25. The number of carbonyl (C=O) groups excluding carboxylic acids is 1. The molecule has 1 N–H and O–H groups in total. The Morgan fingerprint density at radius 2 is 1.82 bits per heavy atom. The molecule has 1 atom stereocenters. The van der Waals surface area contributed by atoms with E-state index in [4.69, 9.17) is 4.42 Å². The summed E-state index contributed by atoms with van der Waals surface area (Å²) in [5.74, 6) is 0.195. The first kappa shape index (κ1) is 24.4. The number of carbonyl (C=O) groups is 1. The Morgan fingerprint density at radius 1 is 1.09 bits per heavy atom. The number of halogens is 3. The predicted octanol–water partition coefficient (Wildman–Crippen LogP) is 5.07. The fourth-order valence-electron chi connectivity index (χ4n) is 3.28. The highest BCUT2D eigenvalue weighted by atomic mass is 19.4. The number of pyridine rings is 1. The molecule has 0 aliphatic carbocycles. The average molecular weight is 461 g/mol. The molecule has 0 aliphatic heterocycles. The van der Waals surface area contributed by atoms with Gasteiger partial charge in [0.1, 0.15) is 6.26 Å². The zero-order valence-electron chi connectivity index (χ0n) is 18.8. The van der Waals surface area contributed by atoms with E-state index in [2.05, 4.69) is 15.3 Å². The first-order chi connectivity index (χ1) is 15.6. The van der Waals surface area contributed by atoms with Crippen molar-refractivity contribution in [3.8, 4) is 0 Å². The number of nitrogens with one attached hydrogen (secondary N) is 1. The van der Waals surface area contributed by atoms with Gasteiger partial charge in [0.2, 0.25) is 5.89 Å². The van der Waals surface area contributed by atoms with Gasteiger partial charge < -0.3 is 9.73 Å². The number of hydrogen-bond acceptors (Lipinski definition) is 5. The van der Waals surface area contributed by atoms with E-state index < -0.39 is 11.7 Å². The van der Waals surface area contributed by atoms with E-state index in [1.807, 2.05) is 25.7 Å². The summed E-state index contributed by atoms with van der Waals surface area (Å²) in [6.07, 6.45) is 0.181. The van der Waals surface area contributed by atoms with Gasteiger partial charge in [-0.05, 0) is 42.2 Å². The summed E-state index contributed by atoms with van der Waals surface area (Å²) in [4.78, 5) is 22.6. The van der Waals surface area contributed by atoms with Crippen molar-refractivity contribution in [3.63, 3.8) is 0 Å². The van der Waals surface area contributed by atoms with E-state index in [0.29, 0.717) is 18.0 Å². The van der Waals surface area contributed by atoms with Gasteiger partial charge in [-0.3, -0.25) is 14.7 Å². The van der Waals surface area contributed by atoms with Crippen molar-refractivity contribution < 1.29 is 22.4 Å². The largest absolute Gasteiger partial charge is 0.447 e. The third-order valence-corrected chi connectivity index (χ3v) is 5.51. The first-order valence-electron chi connectivity index (χ1n) is 10.6. The summed E-state index contributed by atoms with van der Waals surface area (Å²) in [6.45, 7) is 6.95. The number of benzene rings is 1. The summed E-state index contributed by atoms with van der Waals surface area (Å²) >= 11 is 0. The molecule has 0 aliphatic rings. The van der Waals surface area contributed by atoms with Crippen molar-refractivity contribution in [2.45, 2.75) is 52.6 Å². The minimum atomic E-state index is -4.40. The number of hydrogen-bond donors (Lipinski definition) is 1. The second-order valence-corrected chi connectivity index (χ2v) is 8.25. The lowest BCUT2D eigenvalue weighted by atomic mass is 10.0. The van der Waals surface area contributed by atoms with Gasteiger partial charge in [-0.1, -0.05) is 32.0 Å². The van der Waals surface area contributed by atoms with Crippen LogP contribution in [0.1, 0.15) is 53.8 Å². The number of oxazole rings is 1. The lowest BCUT2D eigenvalue weighted by molar-refractivity contribution is -0.137. The van der Waals surface area contributed by atoms with Crippen molar-refractivity contribution in [2.24, 2.45) is 5.92 Å². The van der Waals surface area contributed by atoms with Crippen molar-refractivity contribution in [2.75, 3.05) is 0 Å². The van der Waals surface area contributed by atoms with Crippen LogP contribution in [0.15, 0.2) is 59.5 Å². The molecule has 6 nitrogen and oxygen atoms in total. The molecule has 3 rings (SSSR count). The standard InChI is InChI=1S/C24H27F3N4O2/c1-16(2)17(3)31(13-19-5-4-6-20(11-19)24(25,26)27)14-22-30-21(15-33-22)23(32)29-12-18-7-9-28-10-8-18/h4-11,15-17H,12-14H2,1-3H3,(H,29,32). The topological polar surface area (TPSA) is 71.3 Å². The molecule has 33 heavy (non-hydrogen) atoms. The molecule has 0 fully saturated rings. The molecular formula is C24H27F3N4O2. The van der Waals surface area contributed by atoms with E-state index in [1.54, 1.807) is 30.6 Å². The Morgan fingerprint density at radius 3 is 2.48 bits per heavy atom. The van der Waals surface area contributed by atoms with E-state index in [-0.39, 0.29) is 36.7 Å². The molecule has 1 aromatic carbocycles. The molecule has 3 aromatic rings. The molecule has 2 heterocycles. The Hall–Kier alpha value is -3.20. The van der Waals surface area contributed by atoms with Crippen LogP contribution in [0, 0.1) is 5.92 Å². The van der Waals surface area contributed by atoms with Gasteiger partial charge in [0.05, 0.1) is 12.1 Å². The maximum atomic E-state index is 13.1. The summed E-state index contributed by atoms with van der Waals surface area (Å²) in [6, 6.07) is 8.93. The summed E-state index contributed by atoms with van der Waals surface area (Å²) in [5, 5.41) is 2.77. The van der Waals surface area contributed by atoms with Gasteiger partial charge in [0, 0.05) is 31.5 Å². The van der Waals surface area contributed by atoms with Crippen molar-refractivity contribution in [1.82, 2.24) is 20.2 Å². The quantitative estimate of drug-likeness (QED) is 0.483. The second kappa shape index (κ2) is 10.6. The molecule has 0 spiro atoms. The smallest absolute Gasteiger partial charge is 0.416 e. The normalized spacial score (nSPS) is 12.8. The zero-order chi connectivity index (χ0) is 24.0. The van der Waals surface area contributed by atoms with Crippen LogP contribution < -0.4 is 5.32 Å². The van der Waals surface area contributed by atoms with Crippen LogP contribution in [0.25, 0.3) is 0 Å². The third-order valence-electron chi connectivity index (χ3n) is 5.51. The molecule has 9 heteroatoms. The van der Waals surface area contributed by atoms with Crippen LogP contribution in [-0.4, -0.2) is 26.8 Å². The lowest BCUT2D eigenvalue weighted by Gasteiger charge is -2.31. The first-order valence-corrected chi connectivity index (χ1v) is 10.6. The van der Waals surface area contributed by atoms with E-state index in [9.17, 15) is 18.0 Å². The van der Waals surface area contributed by atoms with Crippen molar-refractivity contribution in [3.05, 3.63) is 83.3 Å². The molecule has 0 saturated heterocycles. The molecule has 1 amide bonds. The Kier molecular flexibility index (Phi) is 7.86. The summed E-state index contributed by atoms with van der Waals surface area (Å²) in [7, 11) is 0.